The van der Waals surface area contributed by atoms with Crippen molar-refractivity contribution >= 4 is 11.8 Å². The lowest BCUT2D eigenvalue weighted by Crippen LogP contribution is -2.36. The van der Waals surface area contributed by atoms with Crippen molar-refractivity contribution in [2.24, 2.45) is 18.9 Å². The predicted molar refractivity (Wildman–Crippen MR) is 92.7 cm³/mol. The summed E-state index contributed by atoms with van der Waals surface area (Å²) in [4.78, 5) is 29.1. The lowest BCUT2D eigenvalue weighted by molar-refractivity contribution is -0.131. The van der Waals surface area contributed by atoms with Crippen LogP contribution in [-0.2, 0) is 18.4 Å². The Morgan fingerprint density at radius 3 is 2.76 bits per heavy atom. The summed E-state index contributed by atoms with van der Waals surface area (Å²) in [6.45, 7) is 4.60. The molecule has 2 aromatic rings. The van der Waals surface area contributed by atoms with Gasteiger partial charge in [0.25, 0.3) is 5.91 Å². The Labute approximate surface area is 147 Å². The number of benzene rings is 1. The molecule has 0 aliphatic carbocycles. The van der Waals surface area contributed by atoms with Gasteiger partial charge < -0.3 is 9.80 Å². The molecule has 4 rings (SSSR count). The van der Waals surface area contributed by atoms with Gasteiger partial charge >= 0.3 is 0 Å². The number of aromatic nitrogens is 2. The predicted octanol–water partition coefficient (Wildman–Crippen LogP) is 1.46. The zero-order valence-electron chi connectivity index (χ0n) is 14.6. The Morgan fingerprint density at radius 1 is 1.24 bits per heavy atom. The Balaban J connectivity index is 1.43. The molecule has 2 amide bonds. The topological polar surface area (TPSA) is 58.4 Å². The summed E-state index contributed by atoms with van der Waals surface area (Å²) in [5, 5.41) is 4.06. The van der Waals surface area contributed by atoms with Crippen molar-refractivity contribution in [1.82, 2.24) is 19.6 Å². The minimum atomic E-state index is -0.0676. The van der Waals surface area contributed by atoms with Crippen molar-refractivity contribution in [2.75, 3.05) is 19.6 Å². The van der Waals surface area contributed by atoms with Crippen LogP contribution in [0.1, 0.15) is 21.6 Å². The molecule has 2 fully saturated rings. The number of fused-ring (bicyclic) bond motifs is 1. The van der Waals surface area contributed by atoms with Crippen molar-refractivity contribution < 1.29 is 9.59 Å². The molecule has 6 heteroatoms. The molecule has 25 heavy (non-hydrogen) atoms. The Kier molecular flexibility index (Phi) is 3.82. The highest BCUT2D eigenvalue weighted by atomic mass is 16.2. The van der Waals surface area contributed by atoms with E-state index in [9.17, 15) is 9.59 Å². The molecule has 6 nitrogen and oxygen atoms in total. The third kappa shape index (κ3) is 2.81. The van der Waals surface area contributed by atoms with Gasteiger partial charge in [-0.3, -0.25) is 14.3 Å². The van der Waals surface area contributed by atoms with Gasteiger partial charge in [-0.15, -0.1) is 0 Å². The normalized spacial score (nSPS) is 22.6. The van der Waals surface area contributed by atoms with Crippen LogP contribution in [0.15, 0.2) is 36.5 Å². The second-order valence-electron chi connectivity index (χ2n) is 7.12. The molecule has 2 aliphatic rings. The first-order valence-corrected chi connectivity index (χ1v) is 8.64. The number of aryl methyl sites for hydroxylation is 2. The van der Waals surface area contributed by atoms with Gasteiger partial charge in [0.15, 0.2) is 0 Å². The van der Waals surface area contributed by atoms with Crippen LogP contribution in [0, 0.1) is 18.8 Å². The molecule has 0 unspecified atom stereocenters. The smallest absolute Gasteiger partial charge is 0.272 e. The first kappa shape index (κ1) is 15.9. The van der Waals surface area contributed by atoms with E-state index in [1.807, 2.05) is 11.0 Å². The van der Waals surface area contributed by atoms with Crippen LogP contribution in [0.5, 0.6) is 0 Å². The zero-order chi connectivity index (χ0) is 17.6. The van der Waals surface area contributed by atoms with Gasteiger partial charge in [0.05, 0.1) is 5.92 Å². The third-order valence-corrected chi connectivity index (χ3v) is 5.31. The maximum absolute atomic E-state index is 12.8. The third-order valence-electron chi connectivity index (χ3n) is 5.31. The minimum Gasteiger partial charge on any atom is -0.338 e. The molecular formula is C19H22N4O2. The number of carbonyl (C=O) groups excluding carboxylic acids is 2. The van der Waals surface area contributed by atoms with Crippen LogP contribution in [-0.4, -0.2) is 51.0 Å². The van der Waals surface area contributed by atoms with Gasteiger partial charge in [0.1, 0.15) is 5.69 Å². The van der Waals surface area contributed by atoms with E-state index in [-0.39, 0.29) is 23.7 Å². The van der Waals surface area contributed by atoms with E-state index in [2.05, 4.69) is 30.2 Å². The minimum absolute atomic E-state index is 0.0348. The summed E-state index contributed by atoms with van der Waals surface area (Å²) in [7, 11) is 1.76. The Bertz CT molecular complexity index is 828. The highest BCUT2D eigenvalue weighted by molar-refractivity contribution is 5.93. The first-order chi connectivity index (χ1) is 12.0. The largest absolute Gasteiger partial charge is 0.338 e. The van der Waals surface area contributed by atoms with Crippen LogP contribution < -0.4 is 0 Å². The summed E-state index contributed by atoms with van der Waals surface area (Å²) in [5.41, 5.74) is 2.94. The van der Waals surface area contributed by atoms with Crippen molar-refractivity contribution in [3.63, 3.8) is 0 Å². The fourth-order valence-electron chi connectivity index (χ4n) is 4.03. The zero-order valence-corrected chi connectivity index (χ0v) is 14.6. The monoisotopic (exact) mass is 338 g/mol. The van der Waals surface area contributed by atoms with Crippen molar-refractivity contribution in [2.45, 2.75) is 13.5 Å². The van der Waals surface area contributed by atoms with E-state index in [0.29, 0.717) is 25.3 Å². The van der Waals surface area contributed by atoms with Crippen LogP contribution >= 0.6 is 0 Å². The Hall–Kier alpha value is -2.63. The quantitative estimate of drug-likeness (QED) is 0.851. The van der Waals surface area contributed by atoms with E-state index >= 15 is 0 Å². The summed E-state index contributed by atoms with van der Waals surface area (Å²) < 4.78 is 1.59. The first-order valence-electron chi connectivity index (χ1n) is 8.64. The second kappa shape index (κ2) is 6.02. The number of hydrogen-bond donors (Lipinski definition) is 0. The van der Waals surface area contributed by atoms with Gasteiger partial charge in [0.2, 0.25) is 5.91 Å². The standard InChI is InChI=1S/C19H22N4O2/c1-13-4-3-5-14(8-13)9-22-10-15-11-23(12-16(15)18(22)24)19(25)17-6-7-20-21(17)2/h3-8,15-16H,9-12H2,1-2H3/t15-,16+/m0/s1. The molecule has 1 aromatic carbocycles. The summed E-state index contributed by atoms with van der Waals surface area (Å²) >= 11 is 0. The molecule has 0 saturated carbocycles. The van der Waals surface area contributed by atoms with E-state index < -0.39 is 0 Å². The van der Waals surface area contributed by atoms with E-state index in [4.69, 9.17) is 0 Å². The number of hydrogen-bond acceptors (Lipinski definition) is 3. The number of carbonyl (C=O) groups is 2. The summed E-state index contributed by atoms with van der Waals surface area (Å²) in [6.07, 6.45) is 1.62. The molecule has 0 spiro atoms. The summed E-state index contributed by atoms with van der Waals surface area (Å²) in [5.74, 6) is 0.302. The molecule has 0 bridgehead atoms. The molecule has 0 N–H and O–H groups in total. The summed E-state index contributed by atoms with van der Waals surface area (Å²) in [6, 6.07) is 10.0. The number of amides is 2. The maximum atomic E-state index is 12.8. The van der Waals surface area contributed by atoms with Crippen molar-refractivity contribution in [3.8, 4) is 0 Å². The van der Waals surface area contributed by atoms with Crippen LogP contribution in [0.2, 0.25) is 0 Å². The molecule has 1 aromatic heterocycles. The average Bonchev–Trinajstić information content (AvgIpc) is 3.25. The van der Waals surface area contributed by atoms with Crippen LogP contribution in [0.4, 0.5) is 0 Å². The maximum Gasteiger partial charge on any atom is 0.272 e. The van der Waals surface area contributed by atoms with E-state index in [0.717, 1.165) is 12.1 Å². The van der Waals surface area contributed by atoms with Crippen molar-refractivity contribution in [1.29, 1.82) is 0 Å². The molecule has 130 valence electrons. The van der Waals surface area contributed by atoms with Gasteiger partial charge in [-0.25, -0.2) is 0 Å². The molecular weight excluding hydrogens is 316 g/mol. The Morgan fingerprint density at radius 2 is 2.08 bits per heavy atom. The van der Waals surface area contributed by atoms with Gasteiger partial charge in [-0.1, -0.05) is 29.8 Å². The number of rotatable bonds is 3. The SMILES string of the molecule is Cc1cccc(CN2C[C@H]3CN(C(=O)c4ccnn4C)C[C@H]3C2=O)c1. The molecule has 0 radical (unpaired) electrons. The molecule has 2 aliphatic heterocycles. The lowest BCUT2D eigenvalue weighted by Gasteiger charge is -2.22. The molecule has 3 heterocycles. The van der Waals surface area contributed by atoms with Gasteiger partial charge in [-0.2, -0.15) is 5.10 Å². The van der Waals surface area contributed by atoms with Crippen LogP contribution in [0.3, 0.4) is 0 Å². The van der Waals surface area contributed by atoms with E-state index in [1.54, 1.807) is 28.9 Å². The van der Waals surface area contributed by atoms with Crippen molar-refractivity contribution in [3.05, 3.63) is 53.3 Å². The lowest BCUT2D eigenvalue weighted by atomic mass is 10.0. The second-order valence-corrected chi connectivity index (χ2v) is 7.12. The number of likely N-dealkylation sites (tertiary alicyclic amines) is 2. The molecule has 2 atom stereocenters. The fraction of sp³-hybridized carbons (Fsp3) is 0.421. The highest BCUT2D eigenvalue weighted by Crippen LogP contribution is 2.33. The average molecular weight is 338 g/mol. The number of nitrogens with zero attached hydrogens (tertiary/aromatic N) is 4. The van der Waals surface area contributed by atoms with Crippen LogP contribution in [0.25, 0.3) is 0 Å². The fourth-order valence-corrected chi connectivity index (χ4v) is 4.03. The highest BCUT2D eigenvalue weighted by Gasteiger charge is 2.47. The van der Waals surface area contributed by atoms with E-state index in [1.165, 1.54) is 5.56 Å². The van der Waals surface area contributed by atoms with Gasteiger partial charge in [0, 0.05) is 45.3 Å². The van der Waals surface area contributed by atoms with Gasteiger partial charge in [-0.05, 0) is 18.6 Å². The molecule has 2 saturated heterocycles.